The second-order valence-corrected chi connectivity index (χ2v) is 14.8. The molecule has 4 saturated carbocycles. The minimum absolute atomic E-state index is 0.0118. The summed E-state index contributed by atoms with van der Waals surface area (Å²) in [5.74, 6) is 0.905. The zero-order valence-electron chi connectivity index (χ0n) is 23.3. The van der Waals surface area contributed by atoms with Crippen LogP contribution in [0.3, 0.4) is 0 Å². The zero-order chi connectivity index (χ0) is 26.5. The number of methoxy groups -OCH3 is 1. The number of allylic oxidation sites excluding steroid dienone is 2. The Labute approximate surface area is 216 Å². The zero-order valence-corrected chi connectivity index (χ0v) is 23.3. The van der Waals surface area contributed by atoms with Crippen molar-refractivity contribution in [3.05, 3.63) is 11.6 Å². The SMILES string of the molecule is COC(=O)C12CCC3C(C(=N)CC4C5(C)C=C(C#N)C(=O)C(C)(C)C5CCC34C)C1CC(C)(C)CC2. The minimum atomic E-state index is -0.574. The molecular weight excluding hydrogens is 448 g/mol. The average molecular weight is 493 g/mol. The number of nitriles is 1. The molecule has 0 spiro atoms. The number of Topliss-reactive ketones (excluding diaryl/α,β-unsaturated/α-hetero) is 1. The highest BCUT2D eigenvalue weighted by Gasteiger charge is 2.68. The van der Waals surface area contributed by atoms with E-state index in [9.17, 15) is 20.3 Å². The highest BCUT2D eigenvalue weighted by atomic mass is 16.5. The molecule has 0 aromatic carbocycles. The molecule has 8 atom stereocenters. The van der Waals surface area contributed by atoms with Crippen molar-refractivity contribution in [3.8, 4) is 6.07 Å². The molecule has 36 heavy (non-hydrogen) atoms. The number of ketones is 1. The van der Waals surface area contributed by atoms with Gasteiger partial charge in [-0.1, -0.05) is 47.6 Å². The standard InChI is InChI=1S/C31H44N2O3/c1-27(2)12-13-31(26(35)36-7)11-8-19-24(20(31)16-27)21(33)14-23-29(19,5)10-9-22-28(3,4)25(34)18(17-32)15-30(22,23)6/h15,19-20,22-24,33H,8-14,16H2,1-7H3. The Balaban J connectivity index is 1.60. The molecule has 196 valence electrons. The van der Waals surface area contributed by atoms with Gasteiger partial charge in [-0.15, -0.1) is 0 Å². The first kappa shape index (κ1) is 25.7. The van der Waals surface area contributed by atoms with Gasteiger partial charge in [-0.25, -0.2) is 0 Å². The summed E-state index contributed by atoms with van der Waals surface area (Å²) in [6.07, 6.45) is 9.35. The summed E-state index contributed by atoms with van der Waals surface area (Å²) in [6.45, 7) is 13.4. The third-order valence-corrected chi connectivity index (χ3v) is 12.3. The summed E-state index contributed by atoms with van der Waals surface area (Å²) < 4.78 is 5.43. The molecule has 0 bridgehead atoms. The van der Waals surface area contributed by atoms with Crippen molar-refractivity contribution in [3.63, 3.8) is 0 Å². The number of nitrogens with one attached hydrogen (secondary N) is 1. The Bertz CT molecular complexity index is 1100. The molecule has 0 aromatic rings. The van der Waals surface area contributed by atoms with Crippen molar-refractivity contribution in [2.45, 2.75) is 92.9 Å². The molecule has 8 unspecified atom stereocenters. The third kappa shape index (κ3) is 3.15. The fourth-order valence-electron chi connectivity index (χ4n) is 10.5. The quantitative estimate of drug-likeness (QED) is 0.422. The van der Waals surface area contributed by atoms with Crippen molar-refractivity contribution in [1.82, 2.24) is 0 Å². The molecule has 0 heterocycles. The van der Waals surface area contributed by atoms with Crippen LogP contribution in [0, 0.1) is 73.4 Å². The van der Waals surface area contributed by atoms with E-state index in [1.165, 1.54) is 7.11 Å². The molecule has 0 radical (unpaired) electrons. The second kappa shape index (κ2) is 7.78. The molecule has 5 aliphatic rings. The van der Waals surface area contributed by atoms with E-state index in [0.717, 1.165) is 50.7 Å². The maximum absolute atomic E-state index is 13.3. The van der Waals surface area contributed by atoms with E-state index in [0.29, 0.717) is 17.9 Å². The first-order chi connectivity index (χ1) is 16.7. The number of ether oxygens (including phenoxy) is 1. The van der Waals surface area contributed by atoms with Crippen molar-refractivity contribution in [2.75, 3.05) is 7.11 Å². The highest BCUT2D eigenvalue weighted by molar-refractivity contribution is 6.04. The molecule has 5 nitrogen and oxygen atoms in total. The maximum atomic E-state index is 13.3. The molecule has 4 fully saturated rings. The minimum Gasteiger partial charge on any atom is -0.469 e. The lowest BCUT2D eigenvalue weighted by molar-refractivity contribution is -0.183. The smallest absolute Gasteiger partial charge is 0.312 e. The van der Waals surface area contributed by atoms with E-state index < -0.39 is 10.8 Å². The van der Waals surface area contributed by atoms with Crippen LogP contribution in [0.25, 0.3) is 0 Å². The molecule has 5 heteroatoms. The number of rotatable bonds is 1. The lowest BCUT2D eigenvalue weighted by atomic mass is 9.35. The number of hydrogen-bond acceptors (Lipinski definition) is 5. The largest absolute Gasteiger partial charge is 0.469 e. The number of carbonyl (C=O) groups is 2. The maximum Gasteiger partial charge on any atom is 0.312 e. The number of nitrogens with zero attached hydrogens (tertiary/aromatic N) is 1. The number of fused-ring (bicyclic) bond motifs is 7. The monoisotopic (exact) mass is 492 g/mol. The van der Waals surface area contributed by atoms with E-state index in [-0.39, 0.29) is 51.7 Å². The Morgan fingerprint density at radius 1 is 1.03 bits per heavy atom. The van der Waals surface area contributed by atoms with Crippen LogP contribution in [0.4, 0.5) is 0 Å². The summed E-state index contributed by atoms with van der Waals surface area (Å²) in [5, 5.41) is 19.3. The van der Waals surface area contributed by atoms with Crippen LogP contribution in [-0.4, -0.2) is 24.6 Å². The summed E-state index contributed by atoms with van der Waals surface area (Å²) in [7, 11) is 1.52. The third-order valence-electron chi connectivity index (χ3n) is 12.3. The number of hydrogen-bond donors (Lipinski definition) is 1. The van der Waals surface area contributed by atoms with Gasteiger partial charge in [0.1, 0.15) is 6.07 Å². The fraction of sp³-hybridized carbons (Fsp3) is 0.806. The van der Waals surface area contributed by atoms with Crippen LogP contribution in [0.1, 0.15) is 92.9 Å². The normalized spacial score (nSPS) is 46.7. The van der Waals surface area contributed by atoms with Crippen LogP contribution in [0.15, 0.2) is 11.6 Å². The Hall–Kier alpha value is -1.96. The fourth-order valence-corrected chi connectivity index (χ4v) is 10.5. The number of carbonyl (C=O) groups excluding carboxylic acids is 2. The number of esters is 1. The van der Waals surface area contributed by atoms with Crippen LogP contribution in [0.5, 0.6) is 0 Å². The molecule has 5 aliphatic carbocycles. The van der Waals surface area contributed by atoms with Crippen LogP contribution >= 0.6 is 0 Å². The molecule has 5 rings (SSSR count). The van der Waals surface area contributed by atoms with E-state index in [4.69, 9.17) is 4.74 Å². The van der Waals surface area contributed by atoms with Gasteiger partial charge in [0, 0.05) is 17.0 Å². The summed E-state index contributed by atoms with van der Waals surface area (Å²) in [4.78, 5) is 26.5. The first-order valence-corrected chi connectivity index (χ1v) is 14.0. The van der Waals surface area contributed by atoms with Gasteiger partial charge in [-0.2, -0.15) is 5.26 Å². The molecule has 1 N–H and O–H groups in total. The summed E-state index contributed by atoms with van der Waals surface area (Å²) in [6, 6.07) is 2.22. The lowest BCUT2D eigenvalue weighted by Crippen LogP contribution is -2.65. The molecular formula is C31H44N2O3. The summed E-state index contributed by atoms with van der Waals surface area (Å²) in [5.41, 5.74) is -0.0675. The summed E-state index contributed by atoms with van der Waals surface area (Å²) >= 11 is 0. The average Bonchev–Trinajstić information content (AvgIpc) is 2.81. The van der Waals surface area contributed by atoms with E-state index in [2.05, 4.69) is 33.8 Å². The van der Waals surface area contributed by atoms with Crippen molar-refractivity contribution >= 4 is 17.5 Å². The van der Waals surface area contributed by atoms with Gasteiger partial charge in [0.15, 0.2) is 5.78 Å². The molecule has 0 amide bonds. The van der Waals surface area contributed by atoms with Crippen molar-refractivity contribution < 1.29 is 14.3 Å². The van der Waals surface area contributed by atoms with Gasteiger partial charge < -0.3 is 10.1 Å². The Morgan fingerprint density at radius 2 is 1.72 bits per heavy atom. The van der Waals surface area contributed by atoms with Crippen LogP contribution in [0.2, 0.25) is 0 Å². The van der Waals surface area contributed by atoms with E-state index >= 15 is 0 Å². The van der Waals surface area contributed by atoms with Gasteiger partial charge in [0.05, 0.1) is 18.1 Å². The second-order valence-electron chi connectivity index (χ2n) is 14.8. The first-order valence-electron chi connectivity index (χ1n) is 14.0. The Morgan fingerprint density at radius 3 is 2.36 bits per heavy atom. The van der Waals surface area contributed by atoms with Crippen LogP contribution in [-0.2, 0) is 14.3 Å². The van der Waals surface area contributed by atoms with Gasteiger partial charge in [-0.05, 0) is 91.3 Å². The van der Waals surface area contributed by atoms with Crippen molar-refractivity contribution in [1.29, 1.82) is 10.7 Å². The lowest BCUT2D eigenvalue weighted by Gasteiger charge is -2.68. The van der Waals surface area contributed by atoms with Gasteiger partial charge in [0.2, 0.25) is 0 Å². The van der Waals surface area contributed by atoms with Crippen LogP contribution < -0.4 is 0 Å². The molecule has 0 aromatic heterocycles. The predicted octanol–water partition coefficient (Wildman–Crippen LogP) is 6.52. The topological polar surface area (TPSA) is 91.0 Å². The van der Waals surface area contributed by atoms with E-state index in [1.807, 2.05) is 19.9 Å². The Kier molecular flexibility index (Phi) is 5.55. The van der Waals surface area contributed by atoms with Gasteiger partial charge in [0.25, 0.3) is 0 Å². The molecule has 0 aliphatic heterocycles. The predicted molar refractivity (Wildman–Crippen MR) is 139 cm³/mol. The van der Waals surface area contributed by atoms with E-state index in [1.54, 1.807) is 0 Å². The van der Waals surface area contributed by atoms with Crippen molar-refractivity contribution in [2.24, 2.45) is 56.7 Å². The van der Waals surface area contributed by atoms with Gasteiger partial charge >= 0.3 is 5.97 Å². The highest BCUT2D eigenvalue weighted by Crippen LogP contribution is 2.72. The van der Waals surface area contributed by atoms with Gasteiger partial charge in [-0.3, -0.25) is 9.59 Å². The molecule has 0 saturated heterocycles.